The van der Waals surface area contributed by atoms with E-state index in [0.29, 0.717) is 4.21 Å². The van der Waals surface area contributed by atoms with Gasteiger partial charge < -0.3 is 0 Å². The van der Waals surface area contributed by atoms with Gasteiger partial charge in [0.1, 0.15) is 4.21 Å². The van der Waals surface area contributed by atoms with Crippen LogP contribution in [0.3, 0.4) is 0 Å². The van der Waals surface area contributed by atoms with Crippen LogP contribution in [-0.2, 0) is 16.4 Å². The van der Waals surface area contributed by atoms with Gasteiger partial charge in [-0.25, -0.2) is 13.1 Å². The first-order valence-corrected chi connectivity index (χ1v) is 10.4. The molecule has 0 spiro atoms. The predicted octanol–water partition coefficient (Wildman–Crippen LogP) is 4.16. The Balaban J connectivity index is 1.93. The summed E-state index contributed by atoms with van der Waals surface area (Å²) in [6, 6.07) is 9.42. The fraction of sp³-hybridized carbons (Fsp3) is 0.286. The molecule has 0 amide bonds. The molecule has 1 heterocycles. The molecule has 1 aromatic carbocycles. The highest BCUT2D eigenvalue weighted by Gasteiger charge is 2.34. The van der Waals surface area contributed by atoms with Gasteiger partial charge >= 0.3 is 0 Å². The quantitative estimate of drug-likeness (QED) is 0.713. The van der Waals surface area contributed by atoms with Crippen LogP contribution in [0.1, 0.15) is 22.7 Å². The van der Waals surface area contributed by atoms with Gasteiger partial charge in [0.2, 0.25) is 0 Å². The Hall–Kier alpha value is -0.210. The summed E-state index contributed by atoms with van der Waals surface area (Å²) in [5.74, 6) is 0. The van der Waals surface area contributed by atoms with Crippen LogP contribution < -0.4 is 4.72 Å². The topological polar surface area (TPSA) is 46.2 Å². The number of rotatable bonds is 3. The van der Waals surface area contributed by atoms with E-state index in [0.717, 1.165) is 21.3 Å². The maximum Gasteiger partial charge on any atom is 0.250 e. The highest BCUT2D eigenvalue weighted by atomic mass is 79.9. The maximum absolute atomic E-state index is 12.6. The van der Waals surface area contributed by atoms with E-state index in [4.69, 9.17) is 0 Å². The van der Waals surface area contributed by atoms with Crippen molar-refractivity contribution in [2.24, 2.45) is 0 Å². The average Bonchev–Trinajstić information content (AvgIpc) is 2.92. The van der Waals surface area contributed by atoms with E-state index in [9.17, 15) is 8.42 Å². The smallest absolute Gasteiger partial charge is 0.206 e. The van der Waals surface area contributed by atoms with Crippen molar-refractivity contribution in [3.63, 3.8) is 0 Å². The Kier molecular flexibility index (Phi) is 4.31. The highest BCUT2D eigenvalue weighted by Crippen LogP contribution is 2.38. The van der Waals surface area contributed by atoms with Crippen LogP contribution in [0.5, 0.6) is 0 Å². The first kappa shape index (κ1) is 15.7. The summed E-state index contributed by atoms with van der Waals surface area (Å²) in [6.07, 6.45) is 0.830. The first-order chi connectivity index (χ1) is 9.88. The van der Waals surface area contributed by atoms with E-state index >= 15 is 0 Å². The summed E-state index contributed by atoms with van der Waals surface area (Å²) in [5.41, 5.74) is 3.17. The zero-order chi connectivity index (χ0) is 15.2. The van der Waals surface area contributed by atoms with Crippen molar-refractivity contribution in [2.75, 3.05) is 0 Å². The molecule has 1 aromatic heterocycles. The Morgan fingerprint density at radius 3 is 2.71 bits per heavy atom. The minimum Gasteiger partial charge on any atom is -0.206 e. The molecule has 1 aliphatic rings. The standard InChI is InChI=1S/C14H13Br2NO2S2/c1-8-6-12(20-14(8)16)21(18,19)17-13-10-5-3-2-4-9(10)7-11(13)15/h2-6,11,13,17H,7H2,1H3. The number of sulfonamides is 1. The average molecular weight is 451 g/mol. The van der Waals surface area contributed by atoms with Gasteiger partial charge in [-0.05, 0) is 52.0 Å². The number of nitrogens with one attached hydrogen (secondary N) is 1. The van der Waals surface area contributed by atoms with Crippen LogP contribution in [0.25, 0.3) is 0 Å². The molecule has 0 saturated carbocycles. The zero-order valence-corrected chi connectivity index (χ0v) is 15.9. The van der Waals surface area contributed by atoms with E-state index in [1.165, 1.54) is 16.9 Å². The molecule has 2 unspecified atom stereocenters. The number of benzene rings is 1. The molecule has 3 nitrogen and oxygen atoms in total. The Morgan fingerprint density at radius 1 is 1.33 bits per heavy atom. The molecule has 0 fully saturated rings. The lowest BCUT2D eigenvalue weighted by Gasteiger charge is -2.17. The van der Waals surface area contributed by atoms with Crippen molar-refractivity contribution in [2.45, 2.75) is 28.4 Å². The minimum atomic E-state index is -3.51. The van der Waals surface area contributed by atoms with Gasteiger partial charge in [-0.1, -0.05) is 40.2 Å². The molecule has 2 atom stereocenters. The lowest BCUT2D eigenvalue weighted by atomic mass is 10.1. The van der Waals surface area contributed by atoms with Gasteiger partial charge in [0.15, 0.2) is 0 Å². The molecule has 2 aromatic rings. The van der Waals surface area contributed by atoms with Gasteiger partial charge in [0, 0.05) is 4.83 Å². The summed E-state index contributed by atoms with van der Waals surface area (Å²) in [7, 11) is -3.51. The number of halogens is 2. The molecule has 0 bridgehead atoms. The second-order valence-electron chi connectivity index (χ2n) is 5.04. The van der Waals surface area contributed by atoms with Crippen molar-refractivity contribution < 1.29 is 8.42 Å². The van der Waals surface area contributed by atoms with E-state index in [1.807, 2.05) is 31.2 Å². The van der Waals surface area contributed by atoms with E-state index in [1.54, 1.807) is 6.07 Å². The fourth-order valence-electron chi connectivity index (χ4n) is 2.47. The van der Waals surface area contributed by atoms with Crippen LogP contribution in [0.2, 0.25) is 0 Å². The van der Waals surface area contributed by atoms with Crippen molar-refractivity contribution in [1.29, 1.82) is 0 Å². The molecule has 1 aliphatic carbocycles. The number of aryl methyl sites for hydroxylation is 1. The predicted molar refractivity (Wildman–Crippen MR) is 92.7 cm³/mol. The van der Waals surface area contributed by atoms with Crippen LogP contribution in [0, 0.1) is 6.92 Å². The lowest BCUT2D eigenvalue weighted by Crippen LogP contribution is -2.31. The number of fused-ring (bicyclic) bond motifs is 1. The third-order valence-corrected chi connectivity index (χ3v) is 8.45. The molecular formula is C14H13Br2NO2S2. The van der Waals surface area contributed by atoms with Crippen molar-refractivity contribution >= 4 is 53.2 Å². The van der Waals surface area contributed by atoms with Crippen molar-refractivity contribution in [1.82, 2.24) is 4.72 Å². The van der Waals surface area contributed by atoms with E-state index in [-0.39, 0.29) is 10.9 Å². The number of hydrogen-bond donors (Lipinski definition) is 1. The van der Waals surface area contributed by atoms with Crippen LogP contribution >= 0.6 is 43.2 Å². The summed E-state index contributed by atoms with van der Waals surface area (Å²) < 4.78 is 29.2. The molecule has 1 N–H and O–H groups in total. The Labute approximate surface area is 145 Å². The van der Waals surface area contributed by atoms with Gasteiger partial charge in [-0.3, -0.25) is 0 Å². The molecule has 112 valence electrons. The normalized spacial score (nSPS) is 21.5. The zero-order valence-electron chi connectivity index (χ0n) is 11.1. The molecule has 7 heteroatoms. The SMILES string of the molecule is Cc1cc(S(=O)(=O)NC2c3ccccc3CC2Br)sc1Br. The lowest BCUT2D eigenvalue weighted by molar-refractivity contribution is 0.561. The van der Waals surface area contributed by atoms with Crippen molar-refractivity contribution in [3.8, 4) is 0 Å². The summed E-state index contributed by atoms with van der Waals surface area (Å²) in [6.45, 7) is 1.89. The Bertz CT molecular complexity index is 767. The largest absolute Gasteiger partial charge is 0.250 e. The minimum absolute atomic E-state index is 0.0779. The second kappa shape index (κ2) is 5.77. The number of thiophene rings is 1. The van der Waals surface area contributed by atoms with Crippen LogP contribution in [0.4, 0.5) is 0 Å². The molecule has 0 radical (unpaired) electrons. The highest BCUT2D eigenvalue weighted by molar-refractivity contribution is 9.11. The summed E-state index contributed by atoms with van der Waals surface area (Å²) >= 11 is 8.21. The van der Waals surface area contributed by atoms with Gasteiger partial charge in [0.05, 0.1) is 9.83 Å². The van der Waals surface area contributed by atoms with Gasteiger partial charge in [-0.2, -0.15) is 0 Å². The third kappa shape index (κ3) is 2.99. The third-order valence-electron chi connectivity index (χ3n) is 3.55. The number of hydrogen-bond acceptors (Lipinski definition) is 3. The van der Waals surface area contributed by atoms with E-state index in [2.05, 4.69) is 36.6 Å². The van der Waals surface area contributed by atoms with Crippen LogP contribution in [-0.4, -0.2) is 13.2 Å². The summed E-state index contributed by atoms with van der Waals surface area (Å²) in [5, 5.41) is 0. The molecule has 21 heavy (non-hydrogen) atoms. The molecule has 0 saturated heterocycles. The molecular weight excluding hydrogens is 438 g/mol. The van der Waals surface area contributed by atoms with Gasteiger partial charge in [0.25, 0.3) is 10.0 Å². The molecule has 0 aliphatic heterocycles. The fourth-order valence-corrected chi connectivity index (χ4v) is 6.91. The first-order valence-electron chi connectivity index (χ1n) is 6.38. The van der Waals surface area contributed by atoms with E-state index < -0.39 is 10.0 Å². The Morgan fingerprint density at radius 2 is 2.05 bits per heavy atom. The number of alkyl halides is 1. The van der Waals surface area contributed by atoms with Crippen LogP contribution in [0.15, 0.2) is 38.3 Å². The van der Waals surface area contributed by atoms with Gasteiger partial charge in [-0.15, -0.1) is 11.3 Å². The monoisotopic (exact) mass is 449 g/mol. The maximum atomic E-state index is 12.6. The van der Waals surface area contributed by atoms with Crippen molar-refractivity contribution in [3.05, 3.63) is 50.8 Å². The molecule has 3 rings (SSSR count). The summed E-state index contributed by atoms with van der Waals surface area (Å²) in [4.78, 5) is 0.0779. The second-order valence-corrected chi connectivity index (χ2v) is 10.5.